The highest BCUT2D eigenvalue weighted by molar-refractivity contribution is 9.10. The van der Waals surface area contributed by atoms with Gasteiger partial charge in [-0.3, -0.25) is 9.59 Å². The number of amides is 2. The number of unbranched alkanes of at least 4 members (excludes halogenated alkanes) is 2. The van der Waals surface area contributed by atoms with E-state index in [4.69, 9.17) is 5.73 Å². The molecule has 0 unspecified atom stereocenters. The highest BCUT2D eigenvalue weighted by atomic mass is 79.9. The second-order valence-electron chi connectivity index (χ2n) is 6.17. The quantitative estimate of drug-likeness (QED) is 0.442. The van der Waals surface area contributed by atoms with Gasteiger partial charge in [-0.1, -0.05) is 34.5 Å². The van der Waals surface area contributed by atoms with Crippen LogP contribution in [0.1, 0.15) is 41.6 Å². The summed E-state index contributed by atoms with van der Waals surface area (Å²) in [6.07, 6.45) is 2.92. The molecule has 0 aliphatic carbocycles. The van der Waals surface area contributed by atoms with Crippen molar-refractivity contribution in [1.29, 1.82) is 0 Å². The molecule has 0 fully saturated rings. The van der Waals surface area contributed by atoms with Crippen LogP contribution in [0.2, 0.25) is 0 Å². The molecule has 0 aromatic heterocycles. The number of anilines is 2. The molecule has 0 saturated heterocycles. The third kappa shape index (κ3) is 6.19. The van der Waals surface area contributed by atoms with Gasteiger partial charge in [-0.15, -0.1) is 0 Å². The number of hydrogen-bond donors (Lipinski definition) is 3. The lowest BCUT2D eigenvalue weighted by molar-refractivity contribution is -0.116. The third-order valence-corrected chi connectivity index (χ3v) is 4.91. The van der Waals surface area contributed by atoms with Crippen LogP contribution in [0.4, 0.5) is 11.4 Å². The minimum atomic E-state index is -0.0714. The van der Waals surface area contributed by atoms with Crippen molar-refractivity contribution in [2.24, 2.45) is 0 Å². The Hall–Kier alpha value is -2.34. The number of rotatable bonds is 8. The Morgan fingerprint density at radius 1 is 1.08 bits per heavy atom. The summed E-state index contributed by atoms with van der Waals surface area (Å²) in [5.41, 5.74) is 8.70. The van der Waals surface area contributed by atoms with Crippen LogP contribution in [0.15, 0.2) is 46.9 Å². The number of nitrogens with two attached hydrogens (primary N) is 1. The second kappa shape index (κ2) is 9.97. The van der Waals surface area contributed by atoms with E-state index in [0.29, 0.717) is 29.9 Å². The first-order chi connectivity index (χ1) is 12.5. The van der Waals surface area contributed by atoms with Crippen LogP contribution in [0, 0.1) is 6.92 Å². The van der Waals surface area contributed by atoms with Crippen LogP contribution in [0.3, 0.4) is 0 Å². The Balaban J connectivity index is 1.61. The van der Waals surface area contributed by atoms with E-state index in [1.165, 1.54) is 0 Å². The molecule has 0 atom stereocenters. The third-order valence-electron chi connectivity index (χ3n) is 4.02. The monoisotopic (exact) mass is 417 g/mol. The first-order valence-corrected chi connectivity index (χ1v) is 9.45. The molecule has 0 bridgehead atoms. The Kier molecular flexibility index (Phi) is 7.66. The number of para-hydroxylation sites is 2. The summed E-state index contributed by atoms with van der Waals surface area (Å²) < 4.78 is 0.990. The van der Waals surface area contributed by atoms with Gasteiger partial charge in [0.15, 0.2) is 0 Å². The molecule has 0 aliphatic heterocycles. The van der Waals surface area contributed by atoms with Crippen molar-refractivity contribution in [2.45, 2.75) is 32.6 Å². The van der Waals surface area contributed by atoms with Crippen molar-refractivity contribution in [2.75, 3.05) is 17.6 Å². The lowest BCUT2D eigenvalue weighted by atomic mass is 10.1. The number of benzene rings is 2. The highest BCUT2D eigenvalue weighted by Gasteiger charge is 2.07. The van der Waals surface area contributed by atoms with E-state index in [2.05, 4.69) is 26.6 Å². The van der Waals surface area contributed by atoms with Crippen molar-refractivity contribution in [3.63, 3.8) is 0 Å². The van der Waals surface area contributed by atoms with Crippen LogP contribution in [0.25, 0.3) is 0 Å². The maximum absolute atomic E-state index is 12.1. The molecular weight excluding hydrogens is 394 g/mol. The number of nitrogens with one attached hydrogen (secondary N) is 2. The molecule has 0 spiro atoms. The molecule has 138 valence electrons. The maximum Gasteiger partial charge on any atom is 0.251 e. The van der Waals surface area contributed by atoms with Gasteiger partial charge in [-0.2, -0.15) is 0 Å². The van der Waals surface area contributed by atoms with Gasteiger partial charge >= 0.3 is 0 Å². The van der Waals surface area contributed by atoms with E-state index in [0.717, 1.165) is 29.3 Å². The molecule has 2 rings (SSSR count). The van der Waals surface area contributed by atoms with Crippen molar-refractivity contribution in [3.05, 3.63) is 58.1 Å². The van der Waals surface area contributed by atoms with Gasteiger partial charge in [0.25, 0.3) is 5.91 Å². The minimum absolute atomic E-state index is 0.0442. The normalized spacial score (nSPS) is 10.4. The van der Waals surface area contributed by atoms with E-state index in [-0.39, 0.29) is 11.8 Å². The largest absolute Gasteiger partial charge is 0.397 e. The van der Waals surface area contributed by atoms with Gasteiger partial charge in [0, 0.05) is 23.0 Å². The lowest BCUT2D eigenvalue weighted by Crippen LogP contribution is -2.24. The van der Waals surface area contributed by atoms with Crippen molar-refractivity contribution in [1.82, 2.24) is 5.32 Å². The molecule has 5 nitrogen and oxygen atoms in total. The van der Waals surface area contributed by atoms with E-state index in [1.54, 1.807) is 18.2 Å². The molecule has 4 N–H and O–H groups in total. The Morgan fingerprint density at radius 3 is 2.58 bits per heavy atom. The van der Waals surface area contributed by atoms with Crippen LogP contribution in [-0.2, 0) is 4.79 Å². The summed E-state index contributed by atoms with van der Waals surface area (Å²) in [4.78, 5) is 24.0. The average molecular weight is 418 g/mol. The van der Waals surface area contributed by atoms with Crippen molar-refractivity contribution < 1.29 is 9.59 Å². The van der Waals surface area contributed by atoms with Crippen LogP contribution in [-0.4, -0.2) is 18.4 Å². The number of carbonyl (C=O) groups excluding carboxylic acids is 2. The number of halogens is 1. The second-order valence-corrected chi connectivity index (χ2v) is 7.02. The van der Waals surface area contributed by atoms with Gasteiger partial charge in [-0.25, -0.2) is 0 Å². The zero-order valence-electron chi connectivity index (χ0n) is 14.8. The molecule has 26 heavy (non-hydrogen) atoms. The predicted octanol–water partition coefficient (Wildman–Crippen LogP) is 4.27. The predicted molar refractivity (Wildman–Crippen MR) is 109 cm³/mol. The first kappa shape index (κ1) is 20.0. The fraction of sp³-hybridized carbons (Fsp3) is 0.300. The maximum atomic E-state index is 12.1. The number of hydrogen-bond acceptors (Lipinski definition) is 3. The standard InChI is InChI=1S/C20H24BrN3O2/c1-14-13-15(10-11-16(14)21)20(26)23-12-6-2-3-9-19(25)24-18-8-5-4-7-17(18)22/h4-5,7-8,10-11,13H,2-3,6,9,12,22H2,1H3,(H,23,26)(H,24,25). The molecule has 2 aromatic rings. The number of nitrogen functional groups attached to an aromatic ring is 1. The molecule has 0 aliphatic rings. The summed E-state index contributed by atoms with van der Waals surface area (Å²) in [7, 11) is 0. The number of aryl methyl sites for hydroxylation is 1. The zero-order valence-corrected chi connectivity index (χ0v) is 16.4. The molecule has 2 aromatic carbocycles. The molecule has 2 amide bonds. The fourth-order valence-electron chi connectivity index (χ4n) is 2.50. The Bertz CT molecular complexity index is 777. The minimum Gasteiger partial charge on any atom is -0.397 e. The lowest BCUT2D eigenvalue weighted by Gasteiger charge is -2.08. The van der Waals surface area contributed by atoms with Gasteiger partial charge in [-0.05, 0) is 55.7 Å². The fourth-order valence-corrected chi connectivity index (χ4v) is 2.75. The van der Waals surface area contributed by atoms with Crippen LogP contribution in [0.5, 0.6) is 0 Å². The summed E-state index contributed by atoms with van der Waals surface area (Å²) >= 11 is 3.42. The Labute approximate surface area is 162 Å². The summed E-state index contributed by atoms with van der Waals surface area (Å²) in [5, 5.41) is 5.72. The van der Waals surface area contributed by atoms with Crippen LogP contribution < -0.4 is 16.4 Å². The van der Waals surface area contributed by atoms with Gasteiger partial charge in [0.1, 0.15) is 0 Å². The Morgan fingerprint density at radius 2 is 1.85 bits per heavy atom. The summed E-state index contributed by atoms with van der Waals surface area (Å²) in [5.74, 6) is -0.116. The molecule has 0 radical (unpaired) electrons. The van der Waals surface area contributed by atoms with Gasteiger partial charge in [0.05, 0.1) is 11.4 Å². The van der Waals surface area contributed by atoms with E-state index < -0.39 is 0 Å². The summed E-state index contributed by atoms with van der Waals surface area (Å²) in [6, 6.07) is 12.7. The van der Waals surface area contributed by atoms with Gasteiger partial charge in [0.2, 0.25) is 5.91 Å². The molecule has 0 heterocycles. The van der Waals surface area contributed by atoms with Crippen molar-refractivity contribution >= 4 is 39.1 Å². The van der Waals surface area contributed by atoms with E-state index in [1.807, 2.05) is 31.2 Å². The average Bonchev–Trinajstić information content (AvgIpc) is 2.62. The summed E-state index contributed by atoms with van der Waals surface area (Å²) in [6.45, 7) is 2.55. The molecular formula is C20H24BrN3O2. The topological polar surface area (TPSA) is 84.2 Å². The first-order valence-electron chi connectivity index (χ1n) is 8.66. The van der Waals surface area contributed by atoms with Crippen molar-refractivity contribution in [3.8, 4) is 0 Å². The highest BCUT2D eigenvalue weighted by Crippen LogP contribution is 2.18. The molecule has 0 saturated carbocycles. The zero-order chi connectivity index (χ0) is 18.9. The smallest absolute Gasteiger partial charge is 0.251 e. The van der Waals surface area contributed by atoms with E-state index in [9.17, 15) is 9.59 Å². The van der Waals surface area contributed by atoms with Gasteiger partial charge < -0.3 is 16.4 Å². The molecule has 6 heteroatoms. The van der Waals surface area contributed by atoms with E-state index >= 15 is 0 Å². The van der Waals surface area contributed by atoms with Crippen LogP contribution >= 0.6 is 15.9 Å². The number of carbonyl (C=O) groups is 2. The SMILES string of the molecule is Cc1cc(C(=O)NCCCCCC(=O)Nc2ccccc2N)ccc1Br.